The molecule has 0 bridgehead atoms. The largest absolute Gasteiger partial charge is 0.268 e. The molecule has 1 aromatic carbocycles. The van der Waals surface area contributed by atoms with Gasteiger partial charge in [0.2, 0.25) is 11.3 Å². The Hall–Kier alpha value is -1.06. The summed E-state index contributed by atoms with van der Waals surface area (Å²) in [6.45, 7) is 0. The molecule has 0 atom stereocenters. The van der Waals surface area contributed by atoms with Crippen LogP contribution in [-0.2, 0) is 0 Å². The Balaban J connectivity index is 3.02. The number of thiocarbonyl (C=S) groups is 1. The molecule has 1 aromatic rings. The summed E-state index contributed by atoms with van der Waals surface area (Å²) in [5.41, 5.74) is 0.0507. The van der Waals surface area contributed by atoms with Gasteiger partial charge in [-0.1, -0.05) is 56.0 Å². The Bertz CT molecular complexity index is 433. The van der Waals surface area contributed by atoms with Crippen LogP contribution in [0.25, 0.3) is 0 Å². The van der Waals surface area contributed by atoms with Gasteiger partial charge in [0.05, 0.1) is 5.34 Å². The third kappa shape index (κ3) is 3.45. The highest BCUT2D eigenvalue weighted by molar-refractivity contribution is 8.06. The van der Waals surface area contributed by atoms with Crippen LogP contribution in [-0.4, -0.2) is 20.6 Å². The van der Waals surface area contributed by atoms with Crippen molar-refractivity contribution < 1.29 is 21.2 Å². The summed E-state index contributed by atoms with van der Waals surface area (Å²) in [7, 11) is 0. The fourth-order valence-electron chi connectivity index (χ4n) is 0.960. The quantitative estimate of drug-likeness (QED) is 0.441. The molecule has 2 nitrogen and oxygen atoms in total. The van der Waals surface area contributed by atoms with Crippen LogP contribution < -0.4 is 0 Å². The van der Waals surface area contributed by atoms with Crippen LogP contribution in [0.1, 0.15) is 5.56 Å². The maximum atomic E-state index is 13.3. The average molecular weight is 288 g/mol. The molecule has 0 saturated heterocycles. The minimum atomic E-state index is -3.95. The lowest BCUT2D eigenvalue weighted by Gasteiger charge is -2.16. The number of halogens is 5. The van der Waals surface area contributed by atoms with Gasteiger partial charge in [0, 0.05) is 5.56 Å². The van der Waals surface area contributed by atoms with Gasteiger partial charge in [-0.25, -0.2) is 0 Å². The summed E-state index contributed by atoms with van der Waals surface area (Å²) < 4.78 is 61.8. The van der Waals surface area contributed by atoms with Crippen molar-refractivity contribution in [3.05, 3.63) is 35.9 Å². The second kappa shape index (κ2) is 6.03. The van der Waals surface area contributed by atoms with E-state index in [2.05, 4.69) is 12.2 Å². The van der Waals surface area contributed by atoms with Crippen molar-refractivity contribution in [2.45, 2.75) is 0 Å². The summed E-state index contributed by atoms with van der Waals surface area (Å²) >= 11 is 0.547. The van der Waals surface area contributed by atoms with Gasteiger partial charge in [-0.2, -0.15) is 0 Å². The molecule has 0 radical (unpaired) electrons. The fraction of sp³-hybridized carbons (Fsp3) is 0. The van der Waals surface area contributed by atoms with Crippen molar-refractivity contribution >= 4 is 33.6 Å². The van der Waals surface area contributed by atoms with Crippen LogP contribution in [0.5, 0.6) is 0 Å². The smallest absolute Gasteiger partial charge is 0.141 e. The van der Waals surface area contributed by atoms with Crippen molar-refractivity contribution in [3.63, 3.8) is 0 Å². The van der Waals surface area contributed by atoms with Crippen LogP contribution in [0, 0.1) is 0 Å². The second-order valence-corrected chi connectivity index (χ2v) is 3.86. The minimum absolute atomic E-state index is 0.0507. The Morgan fingerprint density at radius 1 is 1.06 bits per heavy atom. The van der Waals surface area contributed by atoms with E-state index in [9.17, 15) is 21.2 Å². The van der Waals surface area contributed by atoms with Crippen LogP contribution in [0.2, 0.25) is 0 Å². The minimum Gasteiger partial charge on any atom is -0.141 e. The molecule has 0 amide bonds. The summed E-state index contributed by atoms with van der Waals surface area (Å²) in [6.07, 6.45) is 0. The van der Waals surface area contributed by atoms with Crippen molar-refractivity contribution in [1.29, 1.82) is 0 Å². The van der Waals surface area contributed by atoms with Crippen LogP contribution in [0.3, 0.4) is 0 Å². The molecule has 0 aliphatic heterocycles. The van der Waals surface area contributed by atoms with Crippen molar-refractivity contribution in [2.75, 3.05) is 0 Å². The lowest BCUT2D eigenvalue weighted by atomic mass is 10.2. The Morgan fingerprint density at radius 3 is 2.00 bits per heavy atom. The fourth-order valence-corrected chi connectivity index (χ4v) is 1.56. The van der Waals surface area contributed by atoms with Gasteiger partial charge in [0.1, 0.15) is 4.99 Å². The molecular formula is C8H5F5N2S2. The van der Waals surface area contributed by atoms with E-state index in [-0.39, 0.29) is 5.56 Å². The van der Waals surface area contributed by atoms with Crippen LogP contribution in [0.4, 0.5) is 21.2 Å². The lowest BCUT2D eigenvalue weighted by Crippen LogP contribution is -2.34. The second-order valence-electron chi connectivity index (χ2n) is 2.68. The molecule has 0 aliphatic rings. The highest BCUT2D eigenvalue weighted by atomic mass is 32.2. The van der Waals surface area contributed by atoms with Crippen molar-refractivity contribution in [2.24, 2.45) is 0 Å². The van der Waals surface area contributed by atoms with E-state index < -0.39 is 31.8 Å². The summed E-state index contributed by atoms with van der Waals surface area (Å²) in [6, 6.07) is 7.18. The van der Waals surface area contributed by atoms with E-state index >= 15 is 0 Å². The third-order valence-corrected chi connectivity index (χ3v) is 2.62. The van der Waals surface area contributed by atoms with Gasteiger partial charge in [-0.05, 0) is 0 Å². The van der Waals surface area contributed by atoms with Gasteiger partial charge in [-0.3, -0.25) is 0 Å². The van der Waals surface area contributed by atoms with Gasteiger partial charge in [-0.15, -0.1) is 12.9 Å². The number of nitrogens with zero attached hydrogens (tertiary/aromatic N) is 2. The van der Waals surface area contributed by atoms with Gasteiger partial charge in [0.25, 0.3) is 5.11 Å². The van der Waals surface area contributed by atoms with Gasteiger partial charge >= 0.3 is 0 Å². The standard InChI is InChI=1S/C8H5F5N2S2/c9-14(8(15(10)11)17(12)13)7(16)6-4-2-1-3-5-6/h1-5H. The molecule has 9 heteroatoms. The Labute approximate surface area is 102 Å². The van der Waals surface area contributed by atoms with E-state index in [4.69, 9.17) is 0 Å². The molecule has 0 N–H and O–H groups in total. The van der Waals surface area contributed by atoms with Gasteiger partial charge < -0.3 is 0 Å². The van der Waals surface area contributed by atoms with E-state index in [1.807, 2.05) is 0 Å². The monoisotopic (exact) mass is 288 g/mol. The number of benzene rings is 1. The van der Waals surface area contributed by atoms with E-state index in [1.165, 1.54) is 24.3 Å². The van der Waals surface area contributed by atoms with Crippen molar-refractivity contribution in [1.82, 2.24) is 10.5 Å². The molecule has 17 heavy (non-hydrogen) atoms. The zero-order chi connectivity index (χ0) is 13.0. The van der Waals surface area contributed by atoms with Crippen LogP contribution >= 0.6 is 23.5 Å². The normalized spacial score (nSPS) is 10.8. The number of hydrogen-bond donors (Lipinski definition) is 0. The molecule has 1 rings (SSSR count). The molecule has 0 spiro atoms. The SMILES string of the molecule is FN(F)C(N(F)C(=S)c1ccccc1)=S(F)F. The van der Waals surface area contributed by atoms with E-state index in [0.717, 1.165) is 0 Å². The van der Waals surface area contributed by atoms with Crippen LogP contribution in [0.15, 0.2) is 30.3 Å². The van der Waals surface area contributed by atoms with Gasteiger partial charge in [0.15, 0.2) is 0 Å². The average Bonchev–Trinajstić information content (AvgIpc) is 2.28. The molecule has 0 aromatic heterocycles. The van der Waals surface area contributed by atoms with E-state index in [1.54, 1.807) is 6.07 Å². The summed E-state index contributed by atoms with van der Waals surface area (Å²) in [5, 5.41) is -4.97. The molecule has 0 fully saturated rings. The zero-order valence-corrected chi connectivity index (χ0v) is 9.62. The topological polar surface area (TPSA) is 6.48 Å². The summed E-state index contributed by atoms with van der Waals surface area (Å²) in [4.78, 5) is -0.756. The molecular weight excluding hydrogens is 283 g/mol. The lowest BCUT2D eigenvalue weighted by molar-refractivity contribution is -0.0883. The highest BCUT2D eigenvalue weighted by Gasteiger charge is 2.27. The zero-order valence-electron chi connectivity index (χ0n) is 7.99. The maximum absolute atomic E-state index is 13.3. The maximum Gasteiger partial charge on any atom is 0.268 e. The first-order valence-electron chi connectivity index (χ1n) is 4.06. The highest BCUT2D eigenvalue weighted by Crippen LogP contribution is 2.24. The molecule has 0 aliphatic carbocycles. The number of hydrogen-bond acceptors (Lipinski definition) is 1. The first-order chi connectivity index (χ1) is 7.95. The summed E-state index contributed by atoms with van der Waals surface area (Å²) in [5.74, 6) is 0. The number of rotatable bonds is 1. The Kier molecular flexibility index (Phi) is 4.97. The third-order valence-electron chi connectivity index (χ3n) is 1.65. The predicted molar refractivity (Wildman–Crippen MR) is 60.0 cm³/mol. The molecule has 0 heterocycles. The molecule has 0 saturated carbocycles. The predicted octanol–water partition coefficient (Wildman–Crippen LogP) is 3.74. The van der Waals surface area contributed by atoms with E-state index in [0.29, 0.717) is 0 Å². The first-order valence-corrected chi connectivity index (χ1v) is 5.49. The van der Waals surface area contributed by atoms with Crippen molar-refractivity contribution in [3.8, 4) is 0 Å². The first kappa shape index (κ1) is 14.0. The molecule has 0 unspecified atom stereocenters. The Morgan fingerprint density at radius 2 is 1.59 bits per heavy atom. The molecule has 94 valence electrons.